The summed E-state index contributed by atoms with van der Waals surface area (Å²) in [7, 11) is 0. The Labute approximate surface area is 89.6 Å². The topological polar surface area (TPSA) is 17.1 Å². The maximum absolute atomic E-state index is 10.4. The van der Waals surface area contributed by atoms with Crippen LogP contribution in [0.25, 0.3) is 6.08 Å². The van der Waals surface area contributed by atoms with Crippen molar-refractivity contribution in [1.29, 1.82) is 0 Å². The van der Waals surface area contributed by atoms with Gasteiger partial charge in [0.05, 0.1) is 0 Å². The van der Waals surface area contributed by atoms with Crippen LogP contribution in [0.5, 0.6) is 0 Å². The van der Waals surface area contributed by atoms with E-state index in [0.29, 0.717) is 0 Å². The number of hydrogen-bond acceptors (Lipinski definition) is 1. The molecule has 0 spiro atoms. The summed E-state index contributed by atoms with van der Waals surface area (Å²) >= 11 is 7.35. The van der Waals surface area contributed by atoms with Crippen LogP contribution in [0.1, 0.15) is 5.56 Å². The average Bonchev–Trinajstić information content (AvgIpc) is 2.01. The molecule has 0 heterocycles. The van der Waals surface area contributed by atoms with Crippen LogP contribution in [-0.4, -0.2) is 5.24 Å². The molecule has 62 valence electrons. The molecule has 0 N–H and O–H groups in total. The molecule has 0 aliphatic heterocycles. The van der Waals surface area contributed by atoms with Gasteiger partial charge in [0.2, 0.25) is 5.24 Å². The Morgan fingerprint density at radius 2 is 2.25 bits per heavy atom. The summed E-state index contributed by atoms with van der Waals surface area (Å²) in [5.41, 5.74) is 0.982. The van der Waals surface area contributed by atoms with E-state index in [-0.39, 0.29) is 0 Å². The van der Waals surface area contributed by atoms with Crippen LogP contribution < -0.4 is 0 Å². The summed E-state index contributed by atoms with van der Waals surface area (Å²) in [5, 5.41) is -0.450. The van der Waals surface area contributed by atoms with Gasteiger partial charge in [-0.25, -0.2) is 0 Å². The van der Waals surface area contributed by atoms with Gasteiger partial charge in [-0.1, -0.05) is 18.2 Å². The molecular weight excluding hydrogens is 286 g/mol. The number of allylic oxidation sites excluding steroid dienone is 1. The van der Waals surface area contributed by atoms with Gasteiger partial charge in [-0.15, -0.1) is 0 Å². The standard InChI is InChI=1S/C9H6ClIO/c10-9(12)5-4-7-2-1-3-8(11)6-7/h1-6H/b5-4+. The van der Waals surface area contributed by atoms with E-state index < -0.39 is 5.24 Å². The van der Waals surface area contributed by atoms with E-state index in [1.807, 2.05) is 24.3 Å². The van der Waals surface area contributed by atoms with E-state index in [4.69, 9.17) is 11.6 Å². The molecule has 1 aromatic rings. The van der Waals surface area contributed by atoms with Crippen molar-refractivity contribution in [3.8, 4) is 0 Å². The first kappa shape index (κ1) is 9.74. The normalized spacial score (nSPS) is 10.5. The second-order valence-corrected chi connectivity index (χ2v) is 3.81. The molecule has 1 aromatic carbocycles. The molecule has 0 bridgehead atoms. The molecule has 3 heteroatoms. The van der Waals surface area contributed by atoms with Crippen LogP contribution in [0, 0.1) is 3.57 Å². The minimum atomic E-state index is -0.450. The fourth-order valence-electron chi connectivity index (χ4n) is 0.772. The fraction of sp³-hybridized carbons (Fsp3) is 0. The molecule has 0 fully saturated rings. The molecule has 0 atom stereocenters. The number of benzene rings is 1. The molecule has 0 saturated carbocycles. The summed E-state index contributed by atoms with van der Waals surface area (Å²) in [5.74, 6) is 0. The highest BCUT2D eigenvalue weighted by Gasteiger charge is 1.89. The average molecular weight is 293 g/mol. The Bertz CT molecular complexity index is 320. The van der Waals surface area contributed by atoms with Crippen molar-refractivity contribution in [1.82, 2.24) is 0 Å². The Hall–Kier alpha value is -0.350. The van der Waals surface area contributed by atoms with E-state index in [1.165, 1.54) is 6.08 Å². The van der Waals surface area contributed by atoms with Crippen molar-refractivity contribution >= 4 is 45.5 Å². The summed E-state index contributed by atoms with van der Waals surface area (Å²) in [6, 6.07) is 7.80. The smallest absolute Gasteiger partial charge is 0.245 e. The van der Waals surface area contributed by atoms with Gasteiger partial charge in [0.15, 0.2) is 0 Å². The molecule has 12 heavy (non-hydrogen) atoms. The SMILES string of the molecule is O=C(Cl)/C=C/c1cccc(I)c1. The van der Waals surface area contributed by atoms with E-state index in [2.05, 4.69) is 22.6 Å². The third-order valence-corrected chi connectivity index (χ3v) is 2.05. The van der Waals surface area contributed by atoms with Gasteiger partial charge in [-0.05, 0) is 58.0 Å². The summed E-state index contributed by atoms with van der Waals surface area (Å²) in [6.07, 6.45) is 3.03. The summed E-state index contributed by atoms with van der Waals surface area (Å²) < 4.78 is 1.14. The first-order valence-electron chi connectivity index (χ1n) is 3.31. The highest BCUT2D eigenvalue weighted by atomic mass is 127. The Balaban J connectivity index is 2.83. The molecule has 0 aliphatic carbocycles. The number of hydrogen-bond donors (Lipinski definition) is 0. The third-order valence-electron chi connectivity index (χ3n) is 1.26. The maximum Gasteiger partial charge on any atom is 0.245 e. The molecule has 0 amide bonds. The molecule has 1 rings (SSSR count). The van der Waals surface area contributed by atoms with Gasteiger partial charge in [-0.2, -0.15) is 0 Å². The van der Waals surface area contributed by atoms with E-state index in [0.717, 1.165) is 9.13 Å². The van der Waals surface area contributed by atoms with Crippen LogP contribution >= 0.6 is 34.2 Å². The second kappa shape index (κ2) is 4.62. The second-order valence-electron chi connectivity index (χ2n) is 2.19. The van der Waals surface area contributed by atoms with Crippen molar-refractivity contribution in [3.05, 3.63) is 39.5 Å². The van der Waals surface area contributed by atoms with E-state index >= 15 is 0 Å². The van der Waals surface area contributed by atoms with Crippen molar-refractivity contribution in [2.75, 3.05) is 0 Å². The van der Waals surface area contributed by atoms with Crippen LogP contribution in [0.2, 0.25) is 0 Å². The fourth-order valence-corrected chi connectivity index (χ4v) is 1.40. The highest BCUT2D eigenvalue weighted by molar-refractivity contribution is 14.1. The lowest BCUT2D eigenvalue weighted by molar-refractivity contribution is -0.107. The zero-order valence-electron chi connectivity index (χ0n) is 6.13. The molecule has 0 radical (unpaired) electrons. The van der Waals surface area contributed by atoms with E-state index in [1.54, 1.807) is 6.08 Å². The van der Waals surface area contributed by atoms with Gasteiger partial charge in [0.1, 0.15) is 0 Å². The predicted molar refractivity (Wildman–Crippen MR) is 59.1 cm³/mol. The van der Waals surface area contributed by atoms with E-state index in [9.17, 15) is 4.79 Å². The molecule has 0 saturated heterocycles. The minimum absolute atomic E-state index is 0.450. The van der Waals surface area contributed by atoms with Gasteiger partial charge in [0, 0.05) is 3.57 Å². The number of rotatable bonds is 2. The van der Waals surface area contributed by atoms with Crippen molar-refractivity contribution in [3.63, 3.8) is 0 Å². The Morgan fingerprint density at radius 3 is 2.83 bits per heavy atom. The molecule has 1 nitrogen and oxygen atoms in total. The van der Waals surface area contributed by atoms with Gasteiger partial charge >= 0.3 is 0 Å². The quantitative estimate of drug-likeness (QED) is 0.465. The van der Waals surface area contributed by atoms with Gasteiger partial charge in [-0.3, -0.25) is 4.79 Å². The molecule has 0 aliphatic rings. The lowest BCUT2D eigenvalue weighted by Gasteiger charge is -1.92. The zero-order valence-corrected chi connectivity index (χ0v) is 9.04. The van der Waals surface area contributed by atoms with Crippen molar-refractivity contribution in [2.45, 2.75) is 0 Å². The summed E-state index contributed by atoms with van der Waals surface area (Å²) in [4.78, 5) is 10.4. The molecular formula is C9H6ClIO. The number of carbonyl (C=O) groups is 1. The van der Waals surface area contributed by atoms with Crippen molar-refractivity contribution < 1.29 is 4.79 Å². The monoisotopic (exact) mass is 292 g/mol. The molecule has 0 unspecified atom stereocenters. The maximum atomic E-state index is 10.4. The first-order valence-corrected chi connectivity index (χ1v) is 4.77. The van der Waals surface area contributed by atoms with Crippen LogP contribution in [0.15, 0.2) is 30.3 Å². The number of halogens is 2. The Morgan fingerprint density at radius 1 is 1.50 bits per heavy atom. The summed E-state index contributed by atoms with van der Waals surface area (Å²) in [6.45, 7) is 0. The van der Waals surface area contributed by atoms with Crippen LogP contribution in [0.3, 0.4) is 0 Å². The van der Waals surface area contributed by atoms with Gasteiger partial charge in [0.25, 0.3) is 0 Å². The zero-order chi connectivity index (χ0) is 8.97. The lowest BCUT2D eigenvalue weighted by atomic mass is 10.2. The van der Waals surface area contributed by atoms with Crippen molar-refractivity contribution in [2.24, 2.45) is 0 Å². The third kappa shape index (κ3) is 3.36. The minimum Gasteiger partial charge on any atom is -0.276 e. The lowest BCUT2D eigenvalue weighted by Crippen LogP contribution is -1.77. The molecule has 0 aromatic heterocycles. The van der Waals surface area contributed by atoms with Crippen LogP contribution in [-0.2, 0) is 4.79 Å². The van der Waals surface area contributed by atoms with Gasteiger partial charge < -0.3 is 0 Å². The largest absolute Gasteiger partial charge is 0.276 e. The van der Waals surface area contributed by atoms with Crippen LogP contribution in [0.4, 0.5) is 0 Å². The Kier molecular flexibility index (Phi) is 3.75. The highest BCUT2D eigenvalue weighted by Crippen LogP contribution is 2.09. The number of carbonyl (C=O) groups excluding carboxylic acids is 1. The first-order chi connectivity index (χ1) is 5.68. The predicted octanol–water partition coefficient (Wildman–Crippen LogP) is 3.07.